The highest BCUT2D eigenvalue weighted by molar-refractivity contribution is 5.78. The van der Waals surface area contributed by atoms with Crippen molar-refractivity contribution in [2.24, 2.45) is 0 Å². The summed E-state index contributed by atoms with van der Waals surface area (Å²) in [6.45, 7) is 9.17. The number of carbonyl (C=O) groups excluding carboxylic acids is 1. The number of aliphatic hydroxyl groups is 1. The van der Waals surface area contributed by atoms with Gasteiger partial charge in [0.05, 0.1) is 12.5 Å². The van der Waals surface area contributed by atoms with Crippen LogP contribution in [0.4, 0.5) is 0 Å². The fraction of sp³-hybridized carbons (Fsp3) is 0.263. The van der Waals surface area contributed by atoms with E-state index < -0.39 is 6.10 Å². The predicted octanol–water partition coefficient (Wildman–Crippen LogP) is 6.36. The number of nitrogens with one attached hydrogen (secondary N) is 2. The van der Waals surface area contributed by atoms with Crippen LogP contribution in [-0.2, 0) is 24.2 Å². The van der Waals surface area contributed by atoms with Crippen molar-refractivity contribution in [1.82, 2.24) is 20.2 Å². The van der Waals surface area contributed by atoms with Gasteiger partial charge in [-0.3, -0.25) is 4.79 Å². The SMILES string of the molecule is Cc1ccc(C)n1-c1ccc([C@H](O)CNC(C)(C)Cc2cccc(CC(=O)NCc3cccc(-c4ccc(O)cc4)c3)c2)cn1. The lowest BCUT2D eigenvalue weighted by Gasteiger charge is -2.28. The smallest absolute Gasteiger partial charge is 0.224 e. The summed E-state index contributed by atoms with van der Waals surface area (Å²) in [5, 5.41) is 27.0. The molecule has 1 atom stereocenters. The van der Waals surface area contributed by atoms with E-state index in [4.69, 9.17) is 0 Å². The molecule has 0 unspecified atom stereocenters. The summed E-state index contributed by atoms with van der Waals surface area (Å²) in [4.78, 5) is 17.4. The Hall–Kier alpha value is -4.72. The molecule has 0 aliphatic carbocycles. The van der Waals surface area contributed by atoms with Crippen molar-refractivity contribution in [3.05, 3.63) is 137 Å². The second-order valence-electron chi connectivity index (χ2n) is 12.4. The second-order valence-corrected chi connectivity index (χ2v) is 12.4. The summed E-state index contributed by atoms with van der Waals surface area (Å²) < 4.78 is 2.09. The number of aromatic nitrogens is 2. The Morgan fingerprint density at radius 3 is 2.24 bits per heavy atom. The lowest BCUT2D eigenvalue weighted by molar-refractivity contribution is -0.120. The molecule has 0 radical (unpaired) electrons. The zero-order valence-corrected chi connectivity index (χ0v) is 26.4. The van der Waals surface area contributed by atoms with Gasteiger partial charge < -0.3 is 25.4 Å². The summed E-state index contributed by atoms with van der Waals surface area (Å²) in [6, 6.07) is 31.3. The van der Waals surface area contributed by atoms with Crippen molar-refractivity contribution >= 4 is 5.91 Å². The van der Waals surface area contributed by atoms with Gasteiger partial charge in [0.15, 0.2) is 0 Å². The Morgan fingerprint density at radius 1 is 0.844 bits per heavy atom. The van der Waals surface area contributed by atoms with Gasteiger partial charge in [0.25, 0.3) is 0 Å². The average molecular weight is 603 g/mol. The number of amides is 1. The van der Waals surface area contributed by atoms with Gasteiger partial charge in [0, 0.05) is 41.8 Å². The summed E-state index contributed by atoms with van der Waals surface area (Å²) in [5.41, 5.74) is 7.86. The predicted molar refractivity (Wildman–Crippen MR) is 179 cm³/mol. The molecule has 7 heteroatoms. The molecule has 7 nitrogen and oxygen atoms in total. The quantitative estimate of drug-likeness (QED) is 0.133. The minimum atomic E-state index is -0.686. The number of nitrogens with zero attached hydrogens (tertiary/aromatic N) is 2. The Morgan fingerprint density at radius 2 is 1.53 bits per heavy atom. The number of aryl methyl sites for hydroxylation is 2. The number of hydrogen-bond donors (Lipinski definition) is 4. The van der Waals surface area contributed by atoms with Gasteiger partial charge in [-0.2, -0.15) is 0 Å². The van der Waals surface area contributed by atoms with Gasteiger partial charge in [-0.25, -0.2) is 4.98 Å². The molecular weight excluding hydrogens is 560 g/mol. The van der Waals surface area contributed by atoms with Gasteiger partial charge in [0.1, 0.15) is 11.6 Å². The maximum atomic E-state index is 12.8. The van der Waals surface area contributed by atoms with Crippen LogP contribution in [0.2, 0.25) is 0 Å². The van der Waals surface area contributed by atoms with Crippen molar-refractivity contribution in [2.45, 2.75) is 58.7 Å². The molecular formula is C38H42N4O3. The van der Waals surface area contributed by atoms with Crippen LogP contribution in [0.15, 0.2) is 103 Å². The van der Waals surface area contributed by atoms with Crippen LogP contribution in [-0.4, -0.2) is 37.8 Å². The first kappa shape index (κ1) is 31.7. The highest BCUT2D eigenvalue weighted by atomic mass is 16.3. The minimum absolute atomic E-state index is 0.0376. The lowest BCUT2D eigenvalue weighted by Crippen LogP contribution is -2.43. The van der Waals surface area contributed by atoms with Gasteiger partial charge in [-0.05, 0) is 98.3 Å². The fourth-order valence-corrected chi connectivity index (χ4v) is 5.63. The Balaban J connectivity index is 1.11. The van der Waals surface area contributed by atoms with E-state index in [1.165, 1.54) is 0 Å². The number of aliphatic hydroxyl groups excluding tert-OH is 1. The molecule has 0 aliphatic rings. The van der Waals surface area contributed by atoms with E-state index in [0.29, 0.717) is 19.5 Å². The molecule has 232 valence electrons. The van der Waals surface area contributed by atoms with E-state index >= 15 is 0 Å². The number of hydrogen-bond acceptors (Lipinski definition) is 5. The summed E-state index contributed by atoms with van der Waals surface area (Å²) in [7, 11) is 0. The topological polar surface area (TPSA) is 99.4 Å². The average Bonchev–Trinajstić information content (AvgIpc) is 3.36. The van der Waals surface area contributed by atoms with Crippen LogP contribution in [0.5, 0.6) is 5.75 Å². The van der Waals surface area contributed by atoms with Crippen LogP contribution < -0.4 is 10.6 Å². The molecule has 5 rings (SSSR count). The van der Waals surface area contributed by atoms with Crippen LogP contribution in [0.1, 0.15) is 53.6 Å². The third-order valence-electron chi connectivity index (χ3n) is 8.05. The highest BCUT2D eigenvalue weighted by Crippen LogP contribution is 2.23. The first-order valence-electron chi connectivity index (χ1n) is 15.3. The van der Waals surface area contributed by atoms with E-state index in [0.717, 1.165) is 57.0 Å². The maximum Gasteiger partial charge on any atom is 0.224 e. The van der Waals surface area contributed by atoms with Crippen molar-refractivity contribution in [2.75, 3.05) is 6.54 Å². The summed E-state index contributed by atoms with van der Waals surface area (Å²) in [5.74, 6) is 1.04. The van der Waals surface area contributed by atoms with Gasteiger partial charge in [-0.1, -0.05) is 60.7 Å². The Bertz CT molecular complexity index is 1720. The first-order chi connectivity index (χ1) is 21.6. The first-order valence-corrected chi connectivity index (χ1v) is 15.3. The van der Waals surface area contributed by atoms with Gasteiger partial charge >= 0.3 is 0 Å². The zero-order chi connectivity index (χ0) is 32.0. The van der Waals surface area contributed by atoms with Crippen LogP contribution in [0, 0.1) is 13.8 Å². The molecule has 0 bridgehead atoms. The number of pyridine rings is 1. The number of rotatable bonds is 12. The molecule has 45 heavy (non-hydrogen) atoms. The van der Waals surface area contributed by atoms with Crippen molar-refractivity contribution in [3.8, 4) is 22.7 Å². The van der Waals surface area contributed by atoms with E-state index in [1.54, 1.807) is 18.3 Å². The zero-order valence-electron chi connectivity index (χ0n) is 26.4. The second kappa shape index (κ2) is 13.9. The molecule has 1 amide bonds. The van der Waals surface area contributed by atoms with E-state index in [1.807, 2.05) is 54.6 Å². The monoisotopic (exact) mass is 602 g/mol. The number of phenolic OH excluding ortho intramolecular Hbond substituents is 1. The molecule has 0 fully saturated rings. The Labute approximate surface area is 265 Å². The van der Waals surface area contributed by atoms with E-state index in [-0.39, 0.29) is 17.2 Å². The number of β-amino-alcohol motifs (C(OH)–C–C–N with tert-alkyl or cyclic N) is 1. The third-order valence-corrected chi connectivity index (χ3v) is 8.05. The molecule has 0 saturated carbocycles. The van der Waals surface area contributed by atoms with Crippen LogP contribution in [0.3, 0.4) is 0 Å². The standard InChI is InChI=1S/C38H42N4O3/c1-26-11-12-27(2)42(26)36-18-15-33(24-39-36)35(44)25-41-38(3,4)22-29-8-5-7-28(19-29)21-37(45)40-23-30-9-6-10-32(20-30)31-13-16-34(43)17-14-31/h5-20,24,35,41,43-44H,21-23,25H2,1-4H3,(H,40,45)/t35-/m1/s1. The Kier molecular flexibility index (Phi) is 9.81. The lowest BCUT2D eigenvalue weighted by atomic mass is 9.93. The normalized spacial score (nSPS) is 12.2. The number of benzene rings is 3. The highest BCUT2D eigenvalue weighted by Gasteiger charge is 2.20. The molecule has 5 aromatic rings. The number of aromatic hydroxyl groups is 1. The number of phenols is 1. The van der Waals surface area contributed by atoms with Crippen LogP contribution in [0.25, 0.3) is 16.9 Å². The molecule has 0 aliphatic heterocycles. The minimum Gasteiger partial charge on any atom is -0.508 e. The maximum absolute atomic E-state index is 12.8. The molecule has 0 saturated heterocycles. The molecule has 0 spiro atoms. The molecule has 4 N–H and O–H groups in total. The summed E-state index contributed by atoms with van der Waals surface area (Å²) >= 11 is 0. The van der Waals surface area contributed by atoms with Gasteiger partial charge in [0.2, 0.25) is 5.91 Å². The third kappa shape index (κ3) is 8.47. The van der Waals surface area contributed by atoms with Crippen molar-refractivity contribution in [3.63, 3.8) is 0 Å². The fourth-order valence-electron chi connectivity index (χ4n) is 5.63. The van der Waals surface area contributed by atoms with Crippen molar-refractivity contribution < 1.29 is 15.0 Å². The van der Waals surface area contributed by atoms with Gasteiger partial charge in [-0.15, -0.1) is 0 Å². The van der Waals surface area contributed by atoms with E-state index in [2.05, 4.69) is 78.2 Å². The van der Waals surface area contributed by atoms with E-state index in [9.17, 15) is 15.0 Å². The molecule has 2 heterocycles. The molecule has 3 aromatic carbocycles. The van der Waals surface area contributed by atoms with Crippen molar-refractivity contribution in [1.29, 1.82) is 0 Å². The largest absolute Gasteiger partial charge is 0.508 e. The number of carbonyl (C=O) groups is 1. The molecule has 2 aromatic heterocycles. The summed E-state index contributed by atoms with van der Waals surface area (Å²) in [6.07, 6.45) is 2.09. The van der Waals surface area contributed by atoms with Crippen LogP contribution >= 0.6 is 0 Å².